The smallest absolute Gasteiger partial charge is 0.333 e. The molecule has 0 spiro atoms. The van der Waals surface area contributed by atoms with Crippen LogP contribution in [0.1, 0.15) is 70.3 Å². The van der Waals surface area contributed by atoms with E-state index in [0.717, 1.165) is 44.1 Å². The highest BCUT2D eigenvalue weighted by Crippen LogP contribution is 2.25. The van der Waals surface area contributed by atoms with Crippen molar-refractivity contribution in [2.24, 2.45) is 0 Å². The number of unbranched alkanes of at least 4 members (excludes halogenated alkanes) is 8. The molecule has 0 bridgehead atoms. The van der Waals surface area contributed by atoms with Crippen LogP contribution in [0.25, 0.3) is 6.08 Å². The highest BCUT2D eigenvalue weighted by Gasteiger charge is 2.04. The molecule has 0 amide bonds. The highest BCUT2D eigenvalue weighted by molar-refractivity contribution is 5.87. The monoisotopic (exact) mass is 446 g/mol. The molecule has 0 fully saturated rings. The van der Waals surface area contributed by atoms with Crippen LogP contribution in [0.5, 0.6) is 11.5 Å². The van der Waals surface area contributed by atoms with Crippen molar-refractivity contribution >= 4 is 18.0 Å². The predicted octanol–water partition coefficient (Wildman–Crippen LogP) is 5.89. The topological polar surface area (TPSA) is 71.1 Å². The number of esters is 2. The van der Waals surface area contributed by atoms with Crippen LogP contribution in [-0.4, -0.2) is 39.4 Å². The van der Waals surface area contributed by atoms with E-state index in [2.05, 4.69) is 6.58 Å². The Morgan fingerprint density at radius 1 is 0.844 bits per heavy atom. The number of ether oxygens (including phenoxy) is 4. The number of rotatable bonds is 17. The molecular weight excluding hydrogens is 408 g/mol. The van der Waals surface area contributed by atoms with Crippen LogP contribution in [0.4, 0.5) is 0 Å². The molecule has 32 heavy (non-hydrogen) atoms. The van der Waals surface area contributed by atoms with Gasteiger partial charge in [0.25, 0.3) is 0 Å². The Balaban J connectivity index is 2.02. The number of carbonyl (C=O) groups is 2. The molecule has 0 atom stereocenters. The van der Waals surface area contributed by atoms with E-state index in [0.29, 0.717) is 30.3 Å². The van der Waals surface area contributed by atoms with Gasteiger partial charge >= 0.3 is 11.9 Å². The zero-order valence-corrected chi connectivity index (χ0v) is 19.8. The van der Waals surface area contributed by atoms with Gasteiger partial charge in [0.2, 0.25) is 0 Å². The van der Waals surface area contributed by atoms with Crippen molar-refractivity contribution in [2.75, 3.05) is 27.4 Å². The van der Waals surface area contributed by atoms with Gasteiger partial charge in [-0.1, -0.05) is 51.5 Å². The summed E-state index contributed by atoms with van der Waals surface area (Å²) in [5.41, 5.74) is 1.21. The fourth-order valence-electron chi connectivity index (χ4n) is 3.08. The van der Waals surface area contributed by atoms with E-state index >= 15 is 0 Å². The first kappa shape index (κ1) is 27.3. The second kappa shape index (κ2) is 16.9. The van der Waals surface area contributed by atoms with Crippen LogP contribution in [0, 0.1) is 0 Å². The third-order valence-electron chi connectivity index (χ3n) is 4.95. The maximum atomic E-state index is 11.9. The molecule has 0 aliphatic rings. The van der Waals surface area contributed by atoms with Gasteiger partial charge in [0.1, 0.15) is 11.5 Å². The van der Waals surface area contributed by atoms with Crippen molar-refractivity contribution in [1.82, 2.24) is 0 Å². The summed E-state index contributed by atoms with van der Waals surface area (Å²) < 4.78 is 20.8. The van der Waals surface area contributed by atoms with E-state index in [-0.39, 0.29) is 11.9 Å². The Morgan fingerprint density at radius 3 is 1.94 bits per heavy atom. The molecule has 1 aromatic carbocycles. The molecule has 6 nitrogen and oxygen atoms in total. The Kier molecular flexibility index (Phi) is 14.4. The van der Waals surface area contributed by atoms with Gasteiger partial charge in [-0.15, -0.1) is 0 Å². The molecule has 0 unspecified atom stereocenters. The van der Waals surface area contributed by atoms with Crippen molar-refractivity contribution in [3.05, 3.63) is 42.0 Å². The zero-order valence-electron chi connectivity index (χ0n) is 19.8. The summed E-state index contributed by atoms with van der Waals surface area (Å²) in [4.78, 5) is 23.1. The molecule has 178 valence electrons. The Hall–Kier alpha value is -2.76. The summed E-state index contributed by atoms with van der Waals surface area (Å²) in [7, 11) is 3.18. The largest absolute Gasteiger partial charge is 0.497 e. The Morgan fingerprint density at radius 2 is 1.41 bits per heavy atom. The van der Waals surface area contributed by atoms with Crippen molar-refractivity contribution in [3.8, 4) is 11.5 Å². The van der Waals surface area contributed by atoms with Crippen LogP contribution in [0.2, 0.25) is 0 Å². The van der Waals surface area contributed by atoms with E-state index in [1.807, 2.05) is 0 Å². The molecule has 0 N–H and O–H groups in total. The predicted molar refractivity (Wildman–Crippen MR) is 127 cm³/mol. The van der Waals surface area contributed by atoms with Gasteiger partial charge in [-0.25, -0.2) is 9.59 Å². The minimum Gasteiger partial charge on any atom is -0.497 e. The molecule has 0 aromatic heterocycles. The number of benzene rings is 1. The lowest BCUT2D eigenvalue weighted by atomic mass is 10.1. The molecule has 0 aliphatic heterocycles. The maximum absolute atomic E-state index is 11.9. The third kappa shape index (κ3) is 12.2. The summed E-state index contributed by atoms with van der Waals surface area (Å²) in [6, 6.07) is 5.41. The first-order chi connectivity index (χ1) is 15.5. The number of methoxy groups -OCH3 is 2. The van der Waals surface area contributed by atoms with E-state index in [1.54, 1.807) is 45.4 Å². The van der Waals surface area contributed by atoms with E-state index in [1.165, 1.54) is 25.3 Å². The number of carbonyl (C=O) groups excluding carboxylic acids is 2. The van der Waals surface area contributed by atoms with Gasteiger partial charge in [-0.05, 0) is 44.0 Å². The van der Waals surface area contributed by atoms with Gasteiger partial charge in [-0.3, -0.25) is 0 Å². The number of hydrogen-bond donors (Lipinski definition) is 0. The van der Waals surface area contributed by atoms with Gasteiger partial charge < -0.3 is 18.9 Å². The molecular formula is C26H38O6. The third-order valence-corrected chi connectivity index (χ3v) is 4.95. The van der Waals surface area contributed by atoms with Crippen LogP contribution in [0.3, 0.4) is 0 Å². The second-order valence-corrected chi connectivity index (χ2v) is 7.71. The quantitative estimate of drug-likeness (QED) is 0.169. The summed E-state index contributed by atoms with van der Waals surface area (Å²) >= 11 is 0. The fraction of sp³-hybridized carbons (Fsp3) is 0.538. The lowest BCUT2D eigenvalue weighted by Crippen LogP contribution is -2.05. The normalized spacial score (nSPS) is 10.7. The first-order valence-corrected chi connectivity index (χ1v) is 11.4. The summed E-state index contributed by atoms with van der Waals surface area (Å²) in [6.45, 7) is 6.13. The van der Waals surface area contributed by atoms with Crippen molar-refractivity contribution in [3.63, 3.8) is 0 Å². The fourth-order valence-corrected chi connectivity index (χ4v) is 3.08. The molecule has 0 saturated carbocycles. The molecule has 1 rings (SSSR count). The van der Waals surface area contributed by atoms with Gasteiger partial charge in [0.05, 0.1) is 27.4 Å². The Bertz CT molecular complexity index is 738. The van der Waals surface area contributed by atoms with Gasteiger partial charge in [0.15, 0.2) is 0 Å². The second-order valence-electron chi connectivity index (χ2n) is 7.71. The molecule has 0 aliphatic carbocycles. The molecule has 0 saturated heterocycles. The van der Waals surface area contributed by atoms with Gasteiger partial charge in [-0.2, -0.15) is 0 Å². The zero-order chi connectivity index (χ0) is 23.6. The van der Waals surface area contributed by atoms with Crippen molar-refractivity contribution in [1.29, 1.82) is 0 Å². The van der Waals surface area contributed by atoms with Gasteiger partial charge in [0, 0.05) is 17.2 Å². The van der Waals surface area contributed by atoms with Crippen molar-refractivity contribution < 1.29 is 28.5 Å². The average Bonchev–Trinajstić information content (AvgIpc) is 2.80. The summed E-state index contributed by atoms with van der Waals surface area (Å²) in [5.74, 6) is 0.705. The maximum Gasteiger partial charge on any atom is 0.333 e. The van der Waals surface area contributed by atoms with Crippen LogP contribution in [-0.2, 0) is 19.1 Å². The summed E-state index contributed by atoms with van der Waals surface area (Å²) in [5, 5.41) is 0. The standard InChI is InChI=1S/C26H38O6/c1-21(2)26(28)32-19-13-11-9-7-5-6-8-10-12-18-31-25(27)17-14-22-20-23(29-3)15-16-24(22)30-4/h14-17,20H,1,5-13,18-19H2,2-4H3/b17-14+. The Labute approximate surface area is 192 Å². The summed E-state index contributed by atoms with van der Waals surface area (Å²) in [6.07, 6.45) is 12.9. The van der Waals surface area contributed by atoms with Crippen LogP contribution >= 0.6 is 0 Å². The van der Waals surface area contributed by atoms with E-state index < -0.39 is 0 Å². The molecule has 0 heterocycles. The molecule has 6 heteroatoms. The number of hydrogen-bond acceptors (Lipinski definition) is 6. The van der Waals surface area contributed by atoms with E-state index in [9.17, 15) is 9.59 Å². The van der Waals surface area contributed by atoms with Crippen LogP contribution < -0.4 is 9.47 Å². The highest BCUT2D eigenvalue weighted by atomic mass is 16.5. The first-order valence-electron chi connectivity index (χ1n) is 11.4. The minimum absolute atomic E-state index is 0.302. The molecule has 0 radical (unpaired) electrons. The average molecular weight is 447 g/mol. The lowest BCUT2D eigenvalue weighted by Gasteiger charge is -2.07. The SMILES string of the molecule is C=C(C)C(=O)OCCCCCCCCCCCOC(=O)/C=C/c1cc(OC)ccc1OC. The lowest BCUT2D eigenvalue weighted by molar-refractivity contribution is -0.139. The van der Waals surface area contributed by atoms with Crippen molar-refractivity contribution in [2.45, 2.75) is 64.7 Å². The van der Waals surface area contributed by atoms with E-state index in [4.69, 9.17) is 18.9 Å². The minimum atomic E-state index is -0.358. The molecule has 1 aromatic rings. The van der Waals surface area contributed by atoms with Crippen LogP contribution in [0.15, 0.2) is 36.4 Å².